The molecule has 0 bridgehead atoms. The van der Waals surface area contributed by atoms with E-state index in [2.05, 4.69) is 51.8 Å². The summed E-state index contributed by atoms with van der Waals surface area (Å²) >= 11 is 0. The number of carbonyl (C=O) groups is 1. The van der Waals surface area contributed by atoms with E-state index in [9.17, 15) is 4.79 Å². The van der Waals surface area contributed by atoms with Crippen LogP contribution in [0.3, 0.4) is 0 Å². The van der Waals surface area contributed by atoms with Gasteiger partial charge in [-0.25, -0.2) is 0 Å². The summed E-state index contributed by atoms with van der Waals surface area (Å²) in [5, 5.41) is 3.52. The summed E-state index contributed by atoms with van der Waals surface area (Å²) in [5.74, 6) is 1.30. The Hall–Kier alpha value is -0.570. The first-order valence-corrected chi connectivity index (χ1v) is 7.46. The van der Waals surface area contributed by atoms with Crippen molar-refractivity contribution in [2.24, 2.45) is 11.8 Å². The SMILES string of the molecule is CCCC1NC(C(C)C)C(=O)N1C(C)CC(C)C. The third kappa shape index (κ3) is 3.47. The van der Waals surface area contributed by atoms with Gasteiger partial charge in [0.15, 0.2) is 0 Å². The molecule has 1 fully saturated rings. The molecule has 0 aliphatic carbocycles. The van der Waals surface area contributed by atoms with Crippen LogP contribution >= 0.6 is 0 Å². The van der Waals surface area contributed by atoms with Gasteiger partial charge in [0.2, 0.25) is 5.91 Å². The minimum atomic E-state index is 0.0103. The van der Waals surface area contributed by atoms with Gasteiger partial charge in [0.05, 0.1) is 12.2 Å². The number of nitrogens with zero attached hydrogens (tertiary/aromatic N) is 1. The maximum absolute atomic E-state index is 12.5. The molecule has 3 nitrogen and oxygen atoms in total. The molecule has 1 aliphatic rings. The number of hydrogen-bond acceptors (Lipinski definition) is 2. The van der Waals surface area contributed by atoms with Crippen LogP contribution in [0, 0.1) is 11.8 Å². The first-order chi connectivity index (χ1) is 8.38. The summed E-state index contributed by atoms with van der Waals surface area (Å²) in [7, 11) is 0. The van der Waals surface area contributed by atoms with E-state index in [1.54, 1.807) is 0 Å². The van der Waals surface area contributed by atoms with Gasteiger partial charge in [0, 0.05) is 6.04 Å². The Kier molecular flexibility index (Phi) is 5.64. The molecule has 0 saturated carbocycles. The van der Waals surface area contributed by atoms with E-state index in [0.29, 0.717) is 23.8 Å². The maximum atomic E-state index is 12.5. The van der Waals surface area contributed by atoms with Crippen LogP contribution in [0.2, 0.25) is 0 Å². The van der Waals surface area contributed by atoms with E-state index in [-0.39, 0.29) is 12.2 Å². The Bertz CT molecular complexity index is 276. The highest BCUT2D eigenvalue weighted by Crippen LogP contribution is 2.24. The molecule has 1 amide bonds. The van der Waals surface area contributed by atoms with E-state index < -0.39 is 0 Å². The Labute approximate surface area is 112 Å². The van der Waals surface area contributed by atoms with Crippen molar-refractivity contribution in [1.82, 2.24) is 10.2 Å². The second kappa shape index (κ2) is 6.55. The van der Waals surface area contributed by atoms with E-state index in [1.165, 1.54) is 0 Å². The second-order valence-electron chi connectivity index (χ2n) is 6.42. The molecule has 0 aromatic carbocycles. The number of hydrogen-bond donors (Lipinski definition) is 1. The lowest BCUT2D eigenvalue weighted by atomic mass is 10.0. The van der Waals surface area contributed by atoms with Crippen molar-refractivity contribution in [2.45, 2.75) is 79.1 Å². The molecule has 3 atom stereocenters. The van der Waals surface area contributed by atoms with Crippen LogP contribution < -0.4 is 5.32 Å². The second-order valence-corrected chi connectivity index (χ2v) is 6.42. The lowest BCUT2D eigenvalue weighted by molar-refractivity contribution is -0.133. The average molecular weight is 254 g/mol. The van der Waals surface area contributed by atoms with Crippen LogP contribution in [-0.2, 0) is 4.79 Å². The lowest BCUT2D eigenvalue weighted by Crippen LogP contribution is -2.43. The predicted molar refractivity (Wildman–Crippen MR) is 76.2 cm³/mol. The zero-order valence-corrected chi connectivity index (χ0v) is 12.9. The standard InChI is InChI=1S/C15H30N2O/c1-7-8-13-16-14(11(4)5)15(18)17(13)12(6)9-10(2)3/h10-14,16H,7-9H2,1-6H3. The Morgan fingerprint density at radius 1 is 1.22 bits per heavy atom. The van der Waals surface area contributed by atoms with Crippen molar-refractivity contribution in [3.05, 3.63) is 0 Å². The molecule has 0 radical (unpaired) electrons. The van der Waals surface area contributed by atoms with Gasteiger partial charge in [0.1, 0.15) is 0 Å². The fourth-order valence-corrected chi connectivity index (χ4v) is 2.97. The van der Waals surface area contributed by atoms with Gasteiger partial charge in [-0.3, -0.25) is 10.1 Å². The molecule has 3 heteroatoms. The molecule has 1 N–H and O–H groups in total. The first-order valence-electron chi connectivity index (χ1n) is 7.46. The van der Waals surface area contributed by atoms with Gasteiger partial charge in [-0.15, -0.1) is 0 Å². The largest absolute Gasteiger partial charge is 0.323 e. The molecule has 0 spiro atoms. The molecule has 0 aromatic heterocycles. The molecule has 1 aliphatic heterocycles. The fraction of sp³-hybridized carbons (Fsp3) is 0.933. The van der Waals surface area contributed by atoms with Crippen LogP contribution in [0.25, 0.3) is 0 Å². The molecule has 106 valence electrons. The monoisotopic (exact) mass is 254 g/mol. The van der Waals surface area contributed by atoms with Crippen LogP contribution in [0.1, 0.15) is 60.8 Å². The topological polar surface area (TPSA) is 32.3 Å². The number of rotatable bonds is 6. The van der Waals surface area contributed by atoms with Gasteiger partial charge >= 0.3 is 0 Å². The van der Waals surface area contributed by atoms with Crippen LogP contribution in [0.4, 0.5) is 0 Å². The molecule has 1 heterocycles. The van der Waals surface area contributed by atoms with Gasteiger partial charge in [-0.05, 0) is 31.6 Å². The zero-order valence-electron chi connectivity index (χ0n) is 12.9. The van der Waals surface area contributed by atoms with E-state index >= 15 is 0 Å². The highest BCUT2D eigenvalue weighted by atomic mass is 16.2. The van der Waals surface area contributed by atoms with Crippen molar-refractivity contribution in [1.29, 1.82) is 0 Å². The minimum Gasteiger partial charge on any atom is -0.323 e. The molecule has 3 unspecified atom stereocenters. The summed E-state index contributed by atoms with van der Waals surface area (Å²) in [6.45, 7) is 13.0. The van der Waals surface area contributed by atoms with Gasteiger partial charge in [0.25, 0.3) is 0 Å². The van der Waals surface area contributed by atoms with Crippen molar-refractivity contribution >= 4 is 5.91 Å². The molecular formula is C15H30N2O. The maximum Gasteiger partial charge on any atom is 0.241 e. The summed E-state index contributed by atoms with van der Waals surface area (Å²) in [6, 6.07) is 0.349. The molecule has 18 heavy (non-hydrogen) atoms. The molecular weight excluding hydrogens is 224 g/mol. The van der Waals surface area contributed by atoms with Crippen molar-refractivity contribution < 1.29 is 4.79 Å². The van der Waals surface area contributed by atoms with Crippen molar-refractivity contribution in [2.75, 3.05) is 0 Å². The normalized spacial score (nSPS) is 26.4. The summed E-state index contributed by atoms with van der Waals surface area (Å²) < 4.78 is 0. The Morgan fingerprint density at radius 2 is 1.83 bits per heavy atom. The number of carbonyl (C=O) groups excluding carboxylic acids is 1. The van der Waals surface area contributed by atoms with Crippen molar-refractivity contribution in [3.63, 3.8) is 0 Å². The summed E-state index contributed by atoms with van der Waals surface area (Å²) in [5.41, 5.74) is 0. The van der Waals surface area contributed by atoms with Crippen LogP contribution in [-0.4, -0.2) is 29.1 Å². The smallest absolute Gasteiger partial charge is 0.241 e. The Balaban J connectivity index is 2.80. The fourth-order valence-electron chi connectivity index (χ4n) is 2.97. The molecule has 1 rings (SSSR count). The summed E-state index contributed by atoms with van der Waals surface area (Å²) in [4.78, 5) is 14.6. The van der Waals surface area contributed by atoms with E-state index in [4.69, 9.17) is 0 Å². The zero-order chi connectivity index (χ0) is 13.9. The van der Waals surface area contributed by atoms with E-state index in [1.807, 2.05) is 0 Å². The predicted octanol–water partition coefficient (Wildman–Crippen LogP) is 3.00. The van der Waals surface area contributed by atoms with E-state index in [0.717, 1.165) is 19.3 Å². The van der Waals surface area contributed by atoms with Gasteiger partial charge in [-0.2, -0.15) is 0 Å². The van der Waals surface area contributed by atoms with Crippen molar-refractivity contribution in [3.8, 4) is 0 Å². The Morgan fingerprint density at radius 3 is 2.28 bits per heavy atom. The van der Waals surface area contributed by atoms with Crippen LogP contribution in [0.15, 0.2) is 0 Å². The summed E-state index contributed by atoms with van der Waals surface area (Å²) in [6.07, 6.45) is 3.49. The number of amides is 1. The van der Waals surface area contributed by atoms with Gasteiger partial charge < -0.3 is 4.90 Å². The third-order valence-electron chi connectivity index (χ3n) is 3.74. The lowest BCUT2D eigenvalue weighted by Gasteiger charge is -2.31. The minimum absolute atomic E-state index is 0.0103. The van der Waals surface area contributed by atoms with Gasteiger partial charge in [-0.1, -0.05) is 41.0 Å². The van der Waals surface area contributed by atoms with Crippen LogP contribution in [0.5, 0.6) is 0 Å². The highest BCUT2D eigenvalue weighted by molar-refractivity contribution is 5.84. The average Bonchev–Trinajstić information content (AvgIpc) is 2.55. The first kappa shape index (κ1) is 15.5. The quantitative estimate of drug-likeness (QED) is 0.790. The molecule has 0 aromatic rings. The molecule has 1 saturated heterocycles. The highest BCUT2D eigenvalue weighted by Gasteiger charge is 2.41. The number of nitrogens with one attached hydrogen (secondary N) is 1. The third-order valence-corrected chi connectivity index (χ3v) is 3.74.